The van der Waals surface area contributed by atoms with Crippen molar-refractivity contribution in [1.29, 1.82) is 0 Å². The predicted molar refractivity (Wildman–Crippen MR) is 75.2 cm³/mol. The summed E-state index contributed by atoms with van der Waals surface area (Å²) in [5, 5.41) is 13.0. The van der Waals surface area contributed by atoms with Crippen molar-refractivity contribution in [3.63, 3.8) is 0 Å². The first-order chi connectivity index (χ1) is 9.76. The van der Waals surface area contributed by atoms with Crippen LogP contribution in [0.1, 0.15) is 12.2 Å². The Balaban J connectivity index is 1.57. The maximum Gasteiger partial charge on any atom is 0.317 e. The van der Waals surface area contributed by atoms with Gasteiger partial charge < -0.3 is 19.7 Å². The predicted octanol–water partition coefficient (Wildman–Crippen LogP) is 1.96. The Hall–Kier alpha value is -2.01. The number of amides is 2. The topological polar surface area (TPSA) is 65.7 Å². The summed E-state index contributed by atoms with van der Waals surface area (Å²) < 4.78 is 5.65. The number of hydrogen-bond acceptors (Lipinski definition) is 3. The highest BCUT2D eigenvalue weighted by atomic mass is 16.3. The fourth-order valence-electron chi connectivity index (χ4n) is 2.56. The maximum absolute atomic E-state index is 12.0. The third-order valence-corrected chi connectivity index (χ3v) is 3.72. The lowest BCUT2D eigenvalue weighted by Gasteiger charge is -2.16. The number of fused-ring (bicyclic) bond motifs is 1. The zero-order valence-corrected chi connectivity index (χ0v) is 11.2. The van der Waals surface area contributed by atoms with Gasteiger partial charge in [0.2, 0.25) is 0 Å². The number of benzene rings is 1. The molecule has 0 bridgehead atoms. The standard InChI is InChI=1S/C15H18N2O3/c18-10-11-5-6-17(9-11)15(19)16-8-13-7-12-3-1-2-4-14(12)20-13/h1-4,7,11,18H,5-6,8-10H2,(H,16,19). The summed E-state index contributed by atoms with van der Waals surface area (Å²) in [4.78, 5) is 13.7. The number of hydrogen-bond donors (Lipinski definition) is 2. The molecule has 2 aromatic rings. The minimum Gasteiger partial charge on any atom is -0.459 e. The number of aliphatic hydroxyl groups excluding tert-OH is 1. The van der Waals surface area contributed by atoms with E-state index in [9.17, 15) is 4.79 Å². The number of carbonyl (C=O) groups is 1. The van der Waals surface area contributed by atoms with Gasteiger partial charge in [0.05, 0.1) is 6.54 Å². The lowest BCUT2D eigenvalue weighted by atomic mass is 10.1. The van der Waals surface area contributed by atoms with Crippen molar-refractivity contribution in [1.82, 2.24) is 10.2 Å². The molecule has 1 aliphatic rings. The number of furan rings is 1. The van der Waals surface area contributed by atoms with Crippen molar-refractivity contribution in [2.75, 3.05) is 19.7 Å². The normalized spacial score (nSPS) is 18.6. The van der Waals surface area contributed by atoms with Crippen LogP contribution < -0.4 is 5.32 Å². The second-order valence-electron chi connectivity index (χ2n) is 5.19. The van der Waals surface area contributed by atoms with Crippen molar-refractivity contribution < 1.29 is 14.3 Å². The average Bonchev–Trinajstić information content (AvgIpc) is 3.10. The first-order valence-electron chi connectivity index (χ1n) is 6.87. The molecule has 0 spiro atoms. The van der Waals surface area contributed by atoms with E-state index in [2.05, 4.69) is 5.32 Å². The van der Waals surface area contributed by atoms with E-state index in [1.807, 2.05) is 30.3 Å². The summed E-state index contributed by atoms with van der Waals surface area (Å²) in [6.45, 7) is 1.86. The molecule has 20 heavy (non-hydrogen) atoms. The molecule has 2 amide bonds. The Kier molecular flexibility index (Phi) is 3.60. The number of urea groups is 1. The highest BCUT2D eigenvalue weighted by molar-refractivity contribution is 5.78. The molecular formula is C15H18N2O3. The number of para-hydroxylation sites is 1. The SMILES string of the molecule is O=C(NCc1cc2ccccc2o1)N1CCC(CO)C1. The number of likely N-dealkylation sites (tertiary alicyclic amines) is 1. The zero-order chi connectivity index (χ0) is 13.9. The molecule has 1 aliphatic heterocycles. The molecule has 0 radical (unpaired) electrons. The summed E-state index contributed by atoms with van der Waals surface area (Å²) in [5.41, 5.74) is 0.832. The van der Waals surface area contributed by atoms with Gasteiger partial charge in [-0.2, -0.15) is 0 Å². The van der Waals surface area contributed by atoms with E-state index in [1.54, 1.807) is 4.90 Å². The third-order valence-electron chi connectivity index (χ3n) is 3.72. The molecule has 2 heterocycles. The second kappa shape index (κ2) is 5.54. The molecular weight excluding hydrogens is 256 g/mol. The fraction of sp³-hybridized carbons (Fsp3) is 0.400. The summed E-state index contributed by atoms with van der Waals surface area (Å²) in [6.07, 6.45) is 0.870. The molecule has 1 fully saturated rings. The number of nitrogens with zero attached hydrogens (tertiary/aromatic N) is 1. The van der Waals surface area contributed by atoms with Gasteiger partial charge in [-0.3, -0.25) is 0 Å². The van der Waals surface area contributed by atoms with Crippen molar-refractivity contribution in [3.8, 4) is 0 Å². The lowest BCUT2D eigenvalue weighted by Crippen LogP contribution is -2.38. The van der Waals surface area contributed by atoms with Crippen LogP contribution in [0.5, 0.6) is 0 Å². The van der Waals surface area contributed by atoms with E-state index in [0.717, 1.165) is 23.2 Å². The van der Waals surface area contributed by atoms with Crippen LogP contribution in [0.25, 0.3) is 11.0 Å². The molecule has 1 aromatic heterocycles. The summed E-state index contributed by atoms with van der Waals surface area (Å²) in [7, 11) is 0. The van der Waals surface area contributed by atoms with Crippen LogP contribution in [0, 0.1) is 5.92 Å². The van der Waals surface area contributed by atoms with Gasteiger partial charge in [0, 0.05) is 31.0 Å². The highest BCUT2D eigenvalue weighted by Crippen LogP contribution is 2.19. The van der Waals surface area contributed by atoms with Gasteiger partial charge in [-0.25, -0.2) is 4.79 Å². The molecule has 106 valence electrons. The average molecular weight is 274 g/mol. The van der Waals surface area contributed by atoms with Crippen LogP contribution in [-0.2, 0) is 6.54 Å². The molecule has 1 saturated heterocycles. The largest absolute Gasteiger partial charge is 0.459 e. The third kappa shape index (κ3) is 2.63. The minimum absolute atomic E-state index is 0.0959. The van der Waals surface area contributed by atoms with Gasteiger partial charge in [0.25, 0.3) is 0 Å². The van der Waals surface area contributed by atoms with Crippen LogP contribution in [0.2, 0.25) is 0 Å². The number of nitrogens with one attached hydrogen (secondary N) is 1. The van der Waals surface area contributed by atoms with Gasteiger partial charge in [-0.1, -0.05) is 18.2 Å². The Labute approximate surface area is 117 Å². The summed E-state index contributed by atoms with van der Waals surface area (Å²) >= 11 is 0. The summed E-state index contributed by atoms with van der Waals surface area (Å²) in [5.74, 6) is 0.962. The molecule has 0 aliphatic carbocycles. The Morgan fingerprint density at radius 2 is 2.30 bits per heavy atom. The molecule has 2 N–H and O–H groups in total. The number of rotatable bonds is 3. The van der Waals surface area contributed by atoms with Crippen molar-refractivity contribution in [2.24, 2.45) is 5.92 Å². The van der Waals surface area contributed by atoms with E-state index >= 15 is 0 Å². The van der Waals surface area contributed by atoms with Crippen LogP contribution in [0.3, 0.4) is 0 Å². The number of aliphatic hydroxyl groups is 1. The molecule has 3 rings (SSSR count). The van der Waals surface area contributed by atoms with E-state index < -0.39 is 0 Å². The first kappa shape index (κ1) is 13.0. The molecule has 0 saturated carbocycles. The van der Waals surface area contributed by atoms with Crippen molar-refractivity contribution >= 4 is 17.0 Å². The smallest absolute Gasteiger partial charge is 0.317 e. The van der Waals surface area contributed by atoms with E-state index in [1.165, 1.54) is 0 Å². The van der Waals surface area contributed by atoms with Crippen LogP contribution >= 0.6 is 0 Å². The molecule has 1 atom stereocenters. The van der Waals surface area contributed by atoms with Gasteiger partial charge in [0.15, 0.2) is 0 Å². The monoisotopic (exact) mass is 274 g/mol. The zero-order valence-electron chi connectivity index (χ0n) is 11.2. The van der Waals surface area contributed by atoms with Gasteiger partial charge in [-0.15, -0.1) is 0 Å². The van der Waals surface area contributed by atoms with Crippen LogP contribution in [0.4, 0.5) is 4.79 Å². The fourth-order valence-corrected chi connectivity index (χ4v) is 2.56. The maximum atomic E-state index is 12.0. The molecule has 1 aromatic carbocycles. The quantitative estimate of drug-likeness (QED) is 0.899. The van der Waals surface area contributed by atoms with E-state index in [0.29, 0.717) is 19.6 Å². The Morgan fingerprint density at radius 3 is 3.05 bits per heavy atom. The molecule has 1 unspecified atom stereocenters. The Morgan fingerprint density at radius 1 is 1.45 bits per heavy atom. The Bertz CT molecular complexity index is 575. The van der Waals surface area contributed by atoms with Crippen molar-refractivity contribution in [2.45, 2.75) is 13.0 Å². The van der Waals surface area contributed by atoms with E-state index in [4.69, 9.17) is 9.52 Å². The van der Waals surface area contributed by atoms with Crippen LogP contribution in [-0.4, -0.2) is 35.7 Å². The van der Waals surface area contributed by atoms with E-state index in [-0.39, 0.29) is 18.6 Å². The van der Waals surface area contributed by atoms with Crippen molar-refractivity contribution in [3.05, 3.63) is 36.1 Å². The lowest BCUT2D eigenvalue weighted by molar-refractivity contribution is 0.197. The van der Waals surface area contributed by atoms with Gasteiger partial charge >= 0.3 is 6.03 Å². The molecule has 5 nitrogen and oxygen atoms in total. The summed E-state index contributed by atoms with van der Waals surface area (Å²) in [6, 6.07) is 9.62. The molecule has 5 heteroatoms. The van der Waals surface area contributed by atoms with Gasteiger partial charge in [0.1, 0.15) is 11.3 Å². The van der Waals surface area contributed by atoms with Gasteiger partial charge in [-0.05, 0) is 18.6 Å². The number of carbonyl (C=O) groups excluding carboxylic acids is 1. The second-order valence-corrected chi connectivity index (χ2v) is 5.19. The van der Waals surface area contributed by atoms with Crippen LogP contribution in [0.15, 0.2) is 34.7 Å². The minimum atomic E-state index is -0.0959. The highest BCUT2D eigenvalue weighted by Gasteiger charge is 2.25. The first-order valence-corrected chi connectivity index (χ1v) is 6.87.